The minimum atomic E-state index is -0.422. The summed E-state index contributed by atoms with van der Waals surface area (Å²) >= 11 is 0. The summed E-state index contributed by atoms with van der Waals surface area (Å²) in [6.45, 7) is 8.19. The van der Waals surface area contributed by atoms with Crippen molar-refractivity contribution in [2.45, 2.75) is 19.0 Å². The van der Waals surface area contributed by atoms with Crippen molar-refractivity contribution in [1.82, 2.24) is 14.9 Å². The number of piperazine rings is 1. The minimum absolute atomic E-state index is 0.303. The number of carbonyl (C=O) groups is 1. The number of aromatic nitrogens is 1. The van der Waals surface area contributed by atoms with Gasteiger partial charge in [-0.2, -0.15) is 0 Å². The Bertz CT molecular complexity index is 1300. The molecular weight excluding hydrogens is 430 g/mol. The number of amides is 1. The standard InChI is InChI=1S/C26H27N5O3/c1-18-8-9-20-21(27-18)5-3-6-22(20)29-14-12-28(13-15-29)11-10-19-4-2-7-23-24(19)33-17-26-16-30(26)34-25(32)31(23)26/h2-9H,10-17H2,1H3. The molecule has 0 aliphatic carbocycles. The molecule has 2 unspecified atom stereocenters. The summed E-state index contributed by atoms with van der Waals surface area (Å²) in [5.41, 5.74) is 4.94. The molecule has 4 aliphatic rings. The van der Waals surface area contributed by atoms with E-state index in [4.69, 9.17) is 14.6 Å². The van der Waals surface area contributed by atoms with Crippen LogP contribution in [-0.4, -0.2) is 72.6 Å². The van der Waals surface area contributed by atoms with Gasteiger partial charge in [0.15, 0.2) is 5.66 Å². The van der Waals surface area contributed by atoms with Crippen LogP contribution < -0.4 is 14.5 Å². The van der Waals surface area contributed by atoms with Crippen molar-refractivity contribution in [3.8, 4) is 5.75 Å². The number of hydrogen-bond donors (Lipinski definition) is 0. The molecule has 4 aliphatic heterocycles. The zero-order chi connectivity index (χ0) is 22.9. The number of hydrogen-bond acceptors (Lipinski definition) is 7. The number of fused-ring (bicyclic) bond motifs is 3. The second-order valence-electron chi connectivity index (χ2n) is 9.64. The number of nitrogens with zero attached hydrogens (tertiary/aromatic N) is 5. The molecule has 0 saturated carbocycles. The van der Waals surface area contributed by atoms with Gasteiger partial charge in [0.25, 0.3) is 0 Å². The monoisotopic (exact) mass is 457 g/mol. The van der Waals surface area contributed by atoms with Crippen molar-refractivity contribution in [3.63, 3.8) is 0 Å². The number of ether oxygens (including phenoxy) is 1. The summed E-state index contributed by atoms with van der Waals surface area (Å²) in [4.78, 5) is 29.1. The Morgan fingerprint density at radius 2 is 1.82 bits per heavy atom. The lowest BCUT2D eigenvalue weighted by atomic mass is 10.1. The van der Waals surface area contributed by atoms with Gasteiger partial charge in [-0.05, 0) is 49.2 Å². The van der Waals surface area contributed by atoms with E-state index < -0.39 is 5.66 Å². The first kappa shape index (κ1) is 20.1. The Labute approximate surface area is 198 Å². The van der Waals surface area contributed by atoms with Gasteiger partial charge < -0.3 is 14.5 Å². The highest BCUT2D eigenvalue weighted by atomic mass is 16.8. The van der Waals surface area contributed by atoms with Crippen molar-refractivity contribution >= 4 is 28.4 Å². The van der Waals surface area contributed by atoms with Crippen LogP contribution in [0.1, 0.15) is 11.3 Å². The molecule has 0 radical (unpaired) electrons. The van der Waals surface area contributed by atoms with Gasteiger partial charge in [0.2, 0.25) is 0 Å². The average Bonchev–Trinajstić information content (AvgIpc) is 3.44. The van der Waals surface area contributed by atoms with E-state index >= 15 is 0 Å². The molecule has 0 bridgehead atoms. The second kappa shape index (κ2) is 7.32. The summed E-state index contributed by atoms with van der Waals surface area (Å²) in [6, 6.07) is 16.8. The van der Waals surface area contributed by atoms with Crippen LogP contribution in [0.15, 0.2) is 48.5 Å². The lowest BCUT2D eigenvalue weighted by Crippen LogP contribution is -2.47. The summed E-state index contributed by atoms with van der Waals surface area (Å²) in [5.74, 6) is 0.830. The van der Waals surface area contributed by atoms with Crippen LogP contribution in [0.5, 0.6) is 5.75 Å². The van der Waals surface area contributed by atoms with Crippen LogP contribution in [0.2, 0.25) is 0 Å². The number of hydroxylamine groups is 2. The van der Waals surface area contributed by atoms with Crippen LogP contribution in [0.25, 0.3) is 10.9 Å². The molecule has 1 aromatic heterocycles. The SMILES string of the molecule is Cc1ccc2c(N3CCN(CCc4cccc5c4OCC46CN4OC(=O)N56)CC3)cccc2n1. The molecule has 7 rings (SSSR count). The molecule has 2 atom stereocenters. The molecule has 3 aromatic rings. The first-order valence-corrected chi connectivity index (χ1v) is 12.0. The van der Waals surface area contributed by atoms with Gasteiger partial charge in [0.05, 0.1) is 17.7 Å². The van der Waals surface area contributed by atoms with Crippen LogP contribution in [0, 0.1) is 6.92 Å². The van der Waals surface area contributed by atoms with Gasteiger partial charge in [-0.25, -0.2) is 9.69 Å². The predicted octanol–water partition coefficient (Wildman–Crippen LogP) is 3.18. The van der Waals surface area contributed by atoms with E-state index in [0.29, 0.717) is 13.2 Å². The van der Waals surface area contributed by atoms with Gasteiger partial charge in [0, 0.05) is 49.5 Å². The van der Waals surface area contributed by atoms with Gasteiger partial charge in [-0.1, -0.05) is 18.2 Å². The highest BCUT2D eigenvalue weighted by Crippen LogP contribution is 2.52. The van der Waals surface area contributed by atoms with E-state index in [0.717, 1.165) is 67.4 Å². The molecular formula is C26H27N5O3. The quantitative estimate of drug-likeness (QED) is 0.558. The Morgan fingerprint density at radius 3 is 2.71 bits per heavy atom. The maximum atomic E-state index is 12.4. The average molecular weight is 458 g/mol. The maximum Gasteiger partial charge on any atom is 0.435 e. The number of carbonyl (C=O) groups excluding carboxylic acids is 1. The zero-order valence-corrected chi connectivity index (χ0v) is 19.2. The van der Waals surface area contributed by atoms with E-state index in [9.17, 15) is 4.79 Å². The van der Waals surface area contributed by atoms with E-state index in [-0.39, 0.29) is 6.09 Å². The van der Waals surface area contributed by atoms with Gasteiger partial charge in [-0.15, -0.1) is 5.06 Å². The van der Waals surface area contributed by atoms with Crippen LogP contribution in [-0.2, 0) is 11.3 Å². The number of pyridine rings is 1. The van der Waals surface area contributed by atoms with E-state index in [2.05, 4.69) is 46.2 Å². The van der Waals surface area contributed by atoms with Crippen molar-refractivity contribution in [2.24, 2.45) is 0 Å². The maximum absolute atomic E-state index is 12.4. The Hall–Kier alpha value is -3.36. The van der Waals surface area contributed by atoms with Gasteiger partial charge >= 0.3 is 6.09 Å². The van der Waals surface area contributed by atoms with Gasteiger partial charge in [0.1, 0.15) is 12.4 Å². The minimum Gasteiger partial charge on any atom is -0.487 e. The van der Waals surface area contributed by atoms with E-state index in [1.807, 2.05) is 19.1 Å². The number of benzene rings is 2. The number of para-hydroxylation sites is 1. The molecule has 2 aromatic carbocycles. The van der Waals surface area contributed by atoms with Gasteiger partial charge in [-0.3, -0.25) is 9.88 Å². The first-order chi connectivity index (χ1) is 16.6. The predicted molar refractivity (Wildman–Crippen MR) is 129 cm³/mol. The lowest BCUT2D eigenvalue weighted by molar-refractivity contribution is 0.00640. The highest BCUT2D eigenvalue weighted by Gasteiger charge is 2.70. The van der Waals surface area contributed by atoms with Crippen molar-refractivity contribution in [2.75, 3.05) is 55.7 Å². The molecule has 174 valence electrons. The fourth-order valence-corrected chi connectivity index (χ4v) is 5.61. The molecule has 8 heteroatoms. The first-order valence-electron chi connectivity index (χ1n) is 12.0. The van der Waals surface area contributed by atoms with Crippen LogP contribution in [0.3, 0.4) is 0 Å². The van der Waals surface area contributed by atoms with Crippen LogP contribution in [0.4, 0.5) is 16.2 Å². The third-order valence-corrected chi connectivity index (χ3v) is 7.57. The highest BCUT2D eigenvalue weighted by molar-refractivity contribution is 5.95. The molecule has 3 saturated heterocycles. The fraction of sp³-hybridized carbons (Fsp3) is 0.385. The number of aryl methyl sites for hydroxylation is 1. The molecule has 0 N–H and O–H groups in total. The molecule has 1 spiro atoms. The third-order valence-electron chi connectivity index (χ3n) is 7.57. The summed E-state index contributed by atoms with van der Waals surface area (Å²) < 4.78 is 6.18. The Morgan fingerprint density at radius 1 is 1.00 bits per heavy atom. The lowest BCUT2D eigenvalue weighted by Gasteiger charge is -2.37. The summed E-state index contributed by atoms with van der Waals surface area (Å²) in [6.07, 6.45) is 0.586. The Kier molecular flexibility index (Phi) is 4.32. The van der Waals surface area contributed by atoms with Crippen molar-refractivity contribution in [3.05, 3.63) is 59.8 Å². The smallest absolute Gasteiger partial charge is 0.435 e. The van der Waals surface area contributed by atoms with Crippen LogP contribution >= 0.6 is 0 Å². The van der Waals surface area contributed by atoms with Crippen molar-refractivity contribution < 1.29 is 14.4 Å². The number of rotatable bonds is 4. The largest absolute Gasteiger partial charge is 0.487 e. The van der Waals surface area contributed by atoms with Crippen molar-refractivity contribution in [1.29, 1.82) is 0 Å². The molecule has 3 fully saturated rings. The normalized spacial score (nSPS) is 25.4. The Balaban J connectivity index is 1.03. The molecule has 34 heavy (non-hydrogen) atoms. The van der Waals surface area contributed by atoms with E-state index in [1.54, 1.807) is 9.96 Å². The molecule has 1 amide bonds. The molecule has 8 nitrogen and oxygen atoms in total. The third kappa shape index (κ3) is 2.98. The summed E-state index contributed by atoms with van der Waals surface area (Å²) in [7, 11) is 0. The van der Waals surface area contributed by atoms with E-state index in [1.165, 1.54) is 11.1 Å². The summed E-state index contributed by atoms with van der Waals surface area (Å²) in [5, 5.41) is 2.93. The second-order valence-corrected chi connectivity index (χ2v) is 9.64. The number of anilines is 2. The topological polar surface area (TPSA) is 61.1 Å². The molecule has 5 heterocycles. The fourth-order valence-electron chi connectivity index (χ4n) is 5.61. The zero-order valence-electron chi connectivity index (χ0n) is 19.2.